The molecule has 0 amide bonds. The van der Waals surface area contributed by atoms with Gasteiger partial charge in [0.25, 0.3) is 5.56 Å². The number of hydrogen-bond donors (Lipinski definition) is 1. The highest BCUT2D eigenvalue weighted by molar-refractivity contribution is 5.43. The van der Waals surface area contributed by atoms with E-state index in [9.17, 15) is 4.79 Å². The van der Waals surface area contributed by atoms with E-state index in [1.165, 1.54) is 23.9 Å². The molecule has 20 heavy (non-hydrogen) atoms. The summed E-state index contributed by atoms with van der Waals surface area (Å²) >= 11 is 0. The molecule has 3 heterocycles. The molecule has 2 aliphatic rings. The first kappa shape index (κ1) is 13.6. The predicted molar refractivity (Wildman–Crippen MR) is 77.2 cm³/mol. The standard InChI is InChI=1S/C14H22N4O2/c19-14-8-12(17-5-2-1-3-6-17)9-16-18(14)11-13-10-15-4-7-20-13/h8-9,13,15H,1-7,10-11H2. The van der Waals surface area contributed by atoms with Gasteiger partial charge in [0.2, 0.25) is 0 Å². The summed E-state index contributed by atoms with van der Waals surface area (Å²) in [6, 6.07) is 1.70. The Kier molecular flexibility index (Phi) is 4.32. The van der Waals surface area contributed by atoms with Gasteiger partial charge in [-0.15, -0.1) is 0 Å². The molecule has 0 radical (unpaired) electrons. The molecule has 110 valence electrons. The molecule has 1 N–H and O–H groups in total. The first-order valence-electron chi connectivity index (χ1n) is 7.47. The zero-order valence-electron chi connectivity index (χ0n) is 11.8. The quantitative estimate of drug-likeness (QED) is 0.857. The molecule has 0 spiro atoms. The molecule has 6 heteroatoms. The maximum absolute atomic E-state index is 12.2. The van der Waals surface area contributed by atoms with Crippen LogP contribution < -0.4 is 15.8 Å². The molecule has 0 aliphatic carbocycles. The molecule has 6 nitrogen and oxygen atoms in total. The van der Waals surface area contributed by atoms with Gasteiger partial charge in [-0.25, -0.2) is 4.68 Å². The van der Waals surface area contributed by atoms with Gasteiger partial charge in [-0.1, -0.05) is 0 Å². The number of rotatable bonds is 3. The minimum atomic E-state index is -0.0396. The van der Waals surface area contributed by atoms with E-state index in [0.717, 1.165) is 31.9 Å². The maximum atomic E-state index is 12.2. The lowest BCUT2D eigenvalue weighted by atomic mass is 10.1. The van der Waals surface area contributed by atoms with Gasteiger partial charge in [-0.05, 0) is 19.3 Å². The summed E-state index contributed by atoms with van der Waals surface area (Å²) in [6.45, 7) is 4.94. The Morgan fingerprint density at radius 2 is 2.20 bits per heavy atom. The third-order valence-corrected chi connectivity index (χ3v) is 3.96. The molecule has 2 saturated heterocycles. The number of piperidine rings is 1. The minimum Gasteiger partial charge on any atom is -0.374 e. The summed E-state index contributed by atoms with van der Waals surface area (Å²) in [5.74, 6) is 0. The summed E-state index contributed by atoms with van der Waals surface area (Å²) < 4.78 is 7.12. The monoisotopic (exact) mass is 278 g/mol. The van der Waals surface area contributed by atoms with Crippen LogP contribution in [0.1, 0.15) is 19.3 Å². The Bertz CT molecular complexity index is 490. The number of aromatic nitrogens is 2. The number of nitrogens with zero attached hydrogens (tertiary/aromatic N) is 3. The average molecular weight is 278 g/mol. The molecule has 2 aliphatic heterocycles. The molecular weight excluding hydrogens is 256 g/mol. The van der Waals surface area contributed by atoms with E-state index in [1.54, 1.807) is 6.07 Å². The number of nitrogens with one attached hydrogen (secondary N) is 1. The van der Waals surface area contributed by atoms with Crippen molar-refractivity contribution in [2.45, 2.75) is 31.9 Å². The lowest BCUT2D eigenvalue weighted by Crippen LogP contribution is -2.43. The van der Waals surface area contributed by atoms with Crippen molar-refractivity contribution in [2.75, 3.05) is 37.7 Å². The minimum absolute atomic E-state index is 0.0368. The van der Waals surface area contributed by atoms with Crippen LogP contribution in [-0.2, 0) is 11.3 Å². The highest BCUT2D eigenvalue weighted by Gasteiger charge is 2.16. The van der Waals surface area contributed by atoms with Crippen LogP contribution in [0.2, 0.25) is 0 Å². The second kappa shape index (κ2) is 6.37. The van der Waals surface area contributed by atoms with Crippen LogP contribution in [-0.4, -0.2) is 48.7 Å². The molecule has 1 unspecified atom stereocenters. The highest BCUT2D eigenvalue weighted by atomic mass is 16.5. The topological polar surface area (TPSA) is 59.4 Å². The third kappa shape index (κ3) is 3.19. The Hall–Kier alpha value is -1.40. The smallest absolute Gasteiger partial charge is 0.268 e. The van der Waals surface area contributed by atoms with Gasteiger partial charge in [0, 0.05) is 32.2 Å². The second-order valence-electron chi connectivity index (χ2n) is 5.48. The van der Waals surface area contributed by atoms with Crippen molar-refractivity contribution in [1.82, 2.24) is 15.1 Å². The van der Waals surface area contributed by atoms with E-state index in [4.69, 9.17) is 4.74 Å². The van der Waals surface area contributed by atoms with Gasteiger partial charge in [0.1, 0.15) is 0 Å². The van der Waals surface area contributed by atoms with E-state index < -0.39 is 0 Å². The van der Waals surface area contributed by atoms with Crippen molar-refractivity contribution in [1.29, 1.82) is 0 Å². The van der Waals surface area contributed by atoms with Crippen LogP contribution in [0.25, 0.3) is 0 Å². The van der Waals surface area contributed by atoms with Crippen molar-refractivity contribution >= 4 is 5.69 Å². The van der Waals surface area contributed by atoms with E-state index in [2.05, 4.69) is 15.3 Å². The van der Waals surface area contributed by atoms with Crippen LogP contribution in [0.5, 0.6) is 0 Å². The van der Waals surface area contributed by atoms with Crippen molar-refractivity contribution in [3.05, 3.63) is 22.6 Å². The van der Waals surface area contributed by atoms with E-state index >= 15 is 0 Å². The summed E-state index contributed by atoms with van der Waals surface area (Å²) in [4.78, 5) is 14.4. The van der Waals surface area contributed by atoms with E-state index in [1.807, 2.05) is 6.20 Å². The largest absolute Gasteiger partial charge is 0.374 e. The molecule has 1 aromatic rings. The van der Waals surface area contributed by atoms with E-state index in [-0.39, 0.29) is 11.7 Å². The fourth-order valence-electron chi connectivity index (χ4n) is 2.82. The Morgan fingerprint density at radius 3 is 2.90 bits per heavy atom. The van der Waals surface area contributed by atoms with Crippen LogP contribution in [0.3, 0.4) is 0 Å². The molecule has 3 rings (SSSR count). The summed E-state index contributed by atoms with van der Waals surface area (Å²) in [6.07, 6.45) is 5.53. The van der Waals surface area contributed by atoms with Gasteiger partial charge >= 0.3 is 0 Å². The average Bonchev–Trinajstić information content (AvgIpc) is 2.51. The highest BCUT2D eigenvalue weighted by Crippen LogP contribution is 2.16. The molecule has 0 bridgehead atoms. The van der Waals surface area contributed by atoms with E-state index in [0.29, 0.717) is 13.2 Å². The summed E-state index contributed by atoms with van der Waals surface area (Å²) in [5, 5.41) is 7.56. The van der Waals surface area contributed by atoms with Crippen molar-refractivity contribution in [3.63, 3.8) is 0 Å². The molecule has 1 aromatic heterocycles. The molecule has 0 aromatic carbocycles. The lowest BCUT2D eigenvalue weighted by molar-refractivity contribution is 0.0153. The zero-order valence-corrected chi connectivity index (χ0v) is 11.8. The first-order chi connectivity index (χ1) is 9.83. The summed E-state index contributed by atoms with van der Waals surface area (Å²) in [5.41, 5.74) is 0.913. The van der Waals surface area contributed by atoms with Gasteiger partial charge in [0.15, 0.2) is 0 Å². The van der Waals surface area contributed by atoms with Gasteiger partial charge in [-0.2, -0.15) is 5.10 Å². The Morgan fingerprint density at radius 1 is 1.35 bits per heavy atom. The van der Waals surface area contributed by atoms with Gasteiger partial charge in [0.05, 0.1) is 31.1 Å². The number of morpholine rings is 1. The fourth-order valence-corrected chi connectivity index (χ4v) is 2.82. The SMILES string of the molecule is O=c1cc(N2CCCCC2)cnn1CC1CNCCO1. The first-order valence-corrected chi connectivity index (χ1v) is 7.47. The molecule has 0 saturated carbocycles. The fraction of sp³-hybridized carbons (Fsp3) is 0.714. The molecular formula is C14H22N4O2. The van der Waals surface area contributed by atoms with Crippen LogP contribution in [0.4, 0.5) is 5.69 Å². The Labute approximate surface area is 118 Å². The number of hydrogen-bond acceptors (Lipinski definition) is 5. The third-order valence-electron chi connectivity index (χ3n) is 3.96. The lowest BCUT2D eigenvalue weighted by Gasteiger charge is -2.28. The van der Waals surface area contributed by atoms with Crippen molar-refractivity contribution in [3.8, 4) is 0 Å². The van der Waals surface area contributed by atoms with Crippen LogP contribution >= 0.6 is 0 Å². The maximum Gasteiger partial charge on any atom is 0.268 e. The van der Waals surface area contributed by atoms with Crippen LogP contribution in [0, 0.1) is 0 Å². The molecule has 1 atom stereocenters. The second-order valence-corrected chi connectivity index (χ2v) is 5.48. The normalized spacial score (nSPS) is 23.8. The van der Waals surface area contributed by atoms with Crippen LogP contribution in [0.15, 0.2) is 17.1 Å². The number of anilines is 1. The molecule has 2 fully saturated rings. The Balaban J connectivity index is 1.68. The van der Waals surface area contributed by atoms with Gasteiger partial charge < -0.3 is 15.0 Å². The number of ether oxygens (including phenoxy) is 1. The summed E-state index contributed by atoms with van der Waals surface area (Å²) in [7, 11) is 0. The zero-order chi connectivity index (χ0) is 13.8. The van der Waals surface area contributed by atoms with Gasteiger partial charge in [-0.3, -0.25) is 4.79 Å². The predicted octanol–water partition coefficient (Wildman–Crippen LogP) is 0.222. The van der Waals surface area contributed by atoms with Crippen molar-refractivity contribution in [2.24, 2.45) is 0 Å². The van der Waals surface area contributed by atoms with Crippen molar-refractivity contribution < 1.29 is 4.74 Å².